The molecular formula is C16H15BrN2O4. The number of hydrogen-bond acceptors (Lipinski definition) is 4. The number of non-ortho nitro benzene ring substituents is 1. The van der Waals surface area contributed by atoms with Crippen LogP contribution < -0.4 is 10.1 Å². The molecule has 0 radical (unpaired) electrons. The average molecular weight is 379 g/mol. The summed E-state index contributed by atoms with van der Waals surface area (Å²) >= 11 is 3.20. The van der Waals surface area contributed by atoms with Gasteiger partial charge in [-0.2, -0.15) is 0 Å². The molecule has 0 aliphatic heterocycles. The molecule has 1 amide bonds. The van der Waals surface area contributed by atoms with Crippen molar-refractivity contribution < 1.29 is 14.5 Å². The Labute approximate surface area is 141 Å². The maximum Gasteiger partial charge on any atom is 0.270 e. The summed E-state index contributed by atoms with van der Waals surface area (Å²) in [5, 5.41) is 13.3. The molecule has 1 N–H and O–H groups in total. The van der Waals surface area contributed by atoms with Gasteiger partial charge in [0.05, 0.1) is 10.6 Å². The van der Waals surface area contributed by atoms with Crippen LogP contribution in [0.15, 0.2) is 40.9 Å². The van der Waals surface area contributed by atoms with Crippen LogP contribution in [0.5, 0.6) is 5.75 Å². The van der Waals surface area contributed by atoms with Crippen molar-refractivity contribution in [3.05, 3.63) is 62.1 Å². The zero-order valence-electron chi connectivity index (χ0n) is 12.6. The highest BCUT2D eigenvalue weighted by Gasteiger charge is 2.12. The van der Waals surface area contributed by atoms with Crippen molar-refractivity contribution in [3.63, 3.8) is 0 Å². The van der Waals surface area contributed by atoms with Gasteiger partial charge in [-0.05, 0) is 47.5 Å². The molecule has 7 heteroatoms. The standard InChI is InChI=1S/C16H15BrN2O4/c1-10-3-6-15(11(2)7-10)23-9-16(20)18-14-5-4-12(19(21)22)8-13(14)17/h3-8H,9H2,1-2H3,(H,18,20). The van der Waals surface area contributed by atoms with Crippen LogP contribution in [0.4, 0.5) is 11.4 Å². The average Bonchev–Trinajstić information content (AvgIpc) is 2.48. The van der Waals surface area contributed by atoms with E-state index >= 15 is 0 Å². The number of nitrogens with zero attached hydrogens (tertiary/aromatic N) is 1. The summed E-state index contributed by atoms with van der Waals surface area (Å²) in [7, 11) is 0. The van der Waals surface area contributed by atoms with Gasteiger partial charge in [-0.25, -0.2) is 0 Å². The summed E-state index contributed by atoms with van der Waals surface area (Å²) < 4.78 is 5.93. The van der Waals surface area contributed by atoms with Gasteiger partial charge < -0.3 is 10.1 Å². The van der Waals surface area contributed by atoms with Crippen molar-refractivity contribution >= 4 is 33.2 Å². The summed E-state index contributed by atoms with van der Waals surface area (Å²) in [5.74, 6) is 0.299. The zero-order valence-corrected chi connectivity index (χ0v) is 14.2. The van der Waals surface area contributed by atoms with Crippen LogP contribution in [0, 0.1) is 24.0 Å². The highest BCUT2D eigenvalue weighted by atomic mass is 79.9. The van der Waals surface area contributed by atoms with Gasteiger partial charge >= 0.3 is 0 Å². The number of amides is 1. The summed E-state index contributed by atoms with van der Waals surface area (Å²) in [6, 6.07) is 9.83. The van der Waals surface area contributed by atoms with Crippen LogP contribution in [0.25, 0.3) is 0 Å². The van der Waals surface area contributed by atoms with Crippen LogP contribution in [0.3, 0.4) is 0 Å². The maximum atomic E-state index is 11.9. The van der Waals surface area contributed by atoms with Gasteiger partial charge in [0.1, 0.15) is 5.75 Å². The third-order valence-corrected chi connectivity index (χ3v) is 3.78. The number of aryl methyl sites for hydroxylation is 2. The number of halogens is 1. The third-order valence-electron chi connectivity index (χ3n) is 3.13. The zero-order chi connectivity index (χ0) is 17.0. The maximum absolute atomic E-state index is 11.9. The molecule has 0 heterocycles. The largest absolute Gasteiger partial charge is 0.483 e. The van der Waals surface area contributed by atoms with Crippen molar-refractivity contribution in [2.75, 3.05) is 11.9 Å². The normalized spacial score (nSPS) is 10.2. The Morgan fingerprint density at radius 1 is 1.26 bits per heavy atom. The fourth-order valence-corrected chi connectivity index (χ4v) is 2.48. The van der Waals surface area contributed by atoms with Crippen molar-refractivity contribution in [1.82, 2.24) is 0 Å². The molecule has 0 fully saturated rings. The third kappa shape index (κ3) is 4.53. The first kappa shape index (κ1) is 17.0. The van der Waals surface area contributed by atoms with E-state index in [4.69, 9.17) is 4.74 Å². The van der Waals surface area contributed by atoms with E-state index in [1.165, 1.54) is 18.2 Å². The van der Waals surface area contributed by atoms with E-state index in [1.54, 1.807) is 0 Å². The summed E-state index contributed by atoms with van der Waals surface area (Å²) in [6.45, 7) is 3.75. The van der Waals surface area contributed by atoms with Gasteiger partial charge in [0, 0.05) is 16.6 Å². The smallest absolute Gasteiger partial charge is 0.270 e. The number of nitrogens with one attached hydrogen (secondary N) is 1. The molecular weight excluding hydrogens is 364 g/mol. The van der Waals surface area contributed by atoms with Gasteiger partial charge in [-0.1, -0.05) is 17.7 Å². The Morgan fingerprint density at radius 3 is 2.61 bits per heavy atom. The lowest BCUT2D eigenvalue weighted by Gasteiger charge is -2.11. The molecule has 0 aromatic heterocycles. The van der Waals surface area contributed by atoms with Gasteiger partial charge in [0.25, 0.3) is 11.6 Å². The first-order valence-electron chi connectivity index (χ1n) is 6.80. The van der Waals surface area contributed by atoms with E-state index in [2.05, 4.69) is 21.2 Å². The quantitative estimate of drug-likeness (QED) is 0.629. The highest BCUT2D eigenvalue weighted by Crippen LogP contribution is 2.27. The molecule has 0 aliphatic rings. The molecule has 0 bridgehead atoms. The Kier molecular flexibility index (Phi) is 5.33. The molecule has 23 heavy (non-hydrogen) atoms. The molecule has 0 aliphatic carbocycles. The van der Waals surface area contributed by atoms with E-state index < -0.39 is 4.92 Å². The van der Waals surface area contributed by atoms with E-state index in [0.29, 0.717) is 15.9 Å². The molecule has 0 atom stereocenters. The number of benzene rings is 2. The van der Waals surface area contributed by atoms with Gasteiger partial charge in [0.2, 0.25) is 0 Å². The Hall–Kier alpha value is -2.41. The highest BCUT2D eigenvalue weighted by molar-refractivity contribution is 9.10. The molecule has 6 nitrogen and oxygen atoms in total. The van der Waals surface area contributed by atoms with E-state index in [9.17, 15) is 14.9 Å². The van der Waals surface area contributed by atoms with E-state index in [-0.39, 0.29) is 18.2 Å². The Bertz CT molecular complexity index is 762. The van der Waals surface area contributed by atoms with Crippen LogP contribution in [0.1, 0.15) is 11.1 Å². The van der Waals surface area contributed by atoms with Crippen molar-refractivity contribution in [2.45, 2.75) is 13.8 Å². The lowest BCUT2D eigenvalue weighted by molar-refractivity contribution is -0.384. The van der Waals surface area contributed by atoms with Gasteiger partial charge in [-0.15, -0.1) is 0 Å². The summed E-state index contributed by atoms with van der Waals surface area (Å²) in [4.78, 5) is 22.1. The minimum absolute atomic E-state index is 0.0543. The summed E-state index contributed by atoms with van der Waals surface area (Å²) in [6.07, 6.45) is 0. The van der Waals surface area contributed by atoms with Crippen LogP contribution in [-0.2, 0) is 4.79 Å². The lowest BCUT2D eigenvalue weighted by Crippen LogP contribution is -2.20. The molecule has 2 aromatic carbocycles. The van der Waals surface area contributed by atoms with Crippen LogP contribution >= 0.6 is 15.9 Å². The number of nitro benzene ring substituents is 1. The molecule has 0 spiro atoms. The number of hydrogen-bond donors (Lipinski definition) is 1. The number of anilines is 1. The first-order valence-corrected chi connectivity index (χ1v) is 7.60. The second kappa shape index (κ2) is 7.23. The number of ether oxygens (including phenoxy) is 1. The number of nitro groups is 1. The fourth-order valence-electron chi connectivity index (χ4n) is 2.01. The molecule has 0 unspecified atom stereocenters. The second-order valence-corrected chi connectivity index (χ2v) is 5.88. The second-order valence-electron chi connectivity index (χ2n) is 5.03. The number of carbonyl (C=O) groups excluding carboxylic acids is 1. The predicted molar refractivity (Wildman–Crippen MR) is 90.8 cm³/mol. The molecule has 120 valence electrons. The van der Waals surface area contributed by atoms with Gasteiger partial charge in [-0.3, -0.25) is 14.9 Å². The number of carbonyl (C=O) groups is 1. The van der Waals surface area contributed by atoms with Crippen LogP contribution in [-0.4, -0.2) is 17.4 Å². The van der Waals surface area contributed by atoms with Crippen molar-refractivity contribution in [2.24, 2.45) is 0 Å². The monoisotopic (exact) mass is 378 g/mol. The fraction of sp³-hybridized carbons (Fsp3) is 0.188. The Morgan fingerprint density at radius 2 is 2.00 bits per heavy atom. The minimum atomic E-state index is -0.500. The molecule has 0 saturated heterocycles. The van der Waals surface area contributed by atoms with Gasteiger partial charge in [0.15, 0.2) is 6.61 Å². The minimum Gasteiger partial charge on any atom is -0.483 e. The van der Waals surface area contributed by atoms with Crippen LogP contribution in [0.2, 0.25) is 0 Å². The molecule has 2 aromatic rings. The number of rotatable bonds is 5. The lowest BCUT2D eigenvalue weighted by atomic mass is 10.1. The topological polar surface area (TPSA) is 81.5 Å². The van der Waals surface area contributed by atoms with E-state index in [1.807, 2.05) is 32.0 Å². The van der Waals surface area contributed by atoms with Crippen molar-refractivity contribution in [1.29, 1.82) is 0 Å². The predicted octanol–water partition coefficient (Wildman–Crippen LogP) is 3.99. The summed E-state index contributed by atoms with van der Waals surface area (Å²) in [5.41, 5.74) is 2.47. The van der Waals surface area contributed by atoms with E-state index in [0.717, 1.165) is 11.1 Å². The van der Waals surface area contributed by atoms with Crippen molar-refractivity contribution in [3.8, 4) is 5.75 Å². The Balaban J connectivity index is 1.98. The molecule has 0 saturated carbocycles. The molecule has 2 rings (SSSR count). The first-order chi connectivity index (χ1) is 10.9. The SMILES string of the molecule is Cc1ccc(OCC(=O)Nc2ccc([N+](=O)[O-])cc2Br)c(C)c1.